The van der Waals surface area contributed by atoms with Gasteiger partial charge in [-0.05, 0) is 66.0 Å². The van der Waals surface area contributed by atoms with Crippen molar-refractivity contribution >= 4 is 28.1 Å². The van der Waals surface area contributed by atoms with E-state index >= 15 is 0 Å². The summed E-state index contributed by atoms with van der Waals surface area (Å²) in [7, 11) is 1.84. The van der Waals surface area contributed by atoms with Crippen LogP contribution in [-0.4, -0.2) is 34.9 Å². The molecule has 0 saturated heterocycles. The van der Waals surface area contributed by atoms with Crippen LogP contribution in [0.1, 0.15) is 69.5 Å². The van der Waals surface area contributed by atoms with Gasteiger partial charge in [0.15, 0.2) is 11.5 Å². The Kier molecular flexibility index (Phi) is 5.34. The fraction of sp³-hybridized carbons (Fsp3) is 0.182. The Morgan fingerprint density at radius 1 is 1.09 bits per heavy atom. The Bertz CT molecular complexity index is 2250. The minimum Gasteiger partial charge on any atom is -0.381 e. The lowest BCUT2D eigenvalue weighted by atomic mass is 9.94. The second kappa shape index (κ2) is 9.16. The van der Waals surface area contributed by atoms with Crippen LogP contribution in [0.25, 0.3) is 22.1 Å². The van der Waals surface area contributed by atoms with Crippen molar-refractivity contribution in [1.82, 2.24) is 34.3 Å². The van der Waals surface area contributed by atoms with Gasteiger partial charge in [0.1, 0.15) is 5.56 Å². The number of carbonyl (C=O) groups is 1. The molecule has 0 radical (unpaired) electrons. The van der Waals surface area contributed by atoms with Gasteiger partial charge in [0.25, 0.3) is 11.5 Å². The SMILES string of the molecule is CC(NC(=O)c1c(N)nn2cccnc12)c1c2c3c(ccc(C#Cc4cnn(C)c4)c3c(=O)n1-c1ccccc1)[C@@H]1C[C@H]21. The normalized spacial score (nSPS) is 17.0. The van der Waals surface area contributed by atoms with Crippen LogP contribution in [0.15, 0.2) is 78.1 Å². The molecule has 0 aliphatic heterocycles. The van der Waals surface area contributed by atoms with Crippen LogP contribution in [0, 0.1) is 11.8 Å². The molecular formula is C33H26N8O2. The highest BCUT2D eigenvalue weighted by atomic mass is 16.2. The molecule has 4 aromatic heterocycles. The molecule has 1 amide bonds. The lowest BCUT2D eigenvalue weighted by molar-refractivity contribution is 0.0941. The molecule has 0 spiro atoms. The molecule has 8 rings (SSSR count). The van der Waals surface area contributed by atoms with Crippen LogP contribution in [0.3, 0.4) is 0 Å². The molecule has 1 unspecified atom stereocenters. The minimum absolute atomic E-state index is 0.0910. The van der Waals surface area contributed by atoms with Crippen molar-refractivity contribution in [3.8, 4) is 17.5 Å². The summed E-state index contributed by atoms with van der Waals surface area (Å²) < 4.78 is 4.94. The molecule has 1 saturated carbocycles. The van der Waals surface area contributed by atoms with Gasteiger partial charge in [-0.1, -0.05) is 36.1 Å². The first-order chi connectivity index (χ1) is 20.9. The summed E-state index contributed by atoms with van der Waals surface area (Å²) in [6, 6.07) is 14.8. The van der Waals surface area contributed by atoms with Gasteiger partial charge in [0.2, 0.25) is 0 Å². The number of hydrogen-bond acceptors (Lipinski definition) is 6. The third-order valence-corrected chi connectivity index (χ3v) is 8.47. The smallest absolute Gasteiger partial charge is 0.264 e. The second-order valence-electron chi connectivity index (χ2n) is 11.2. The standard InChI is InChI=1S/C33H26N8O2/c1-18(37-32(42)28-30(34)38-40-14-6-13-35-31(28)40)29-27-24-15-23(24)22-12-11-20(10-9-19-16-36-39(2)17-19)25(26(22)27)33(43)41(29)21-7-4-3-5-8-21/h3-8,11-14,16-18,23-24H,15H2,1-2H3,(H2,34,38)(H,37,42)/t18?,23-,24-/m0/s1. The number of benzene rings is 2. The zero-order chi connectivity index (χ0) is 29.4. The fourth-order valence-electron chi connectivity index (χ4n) is 6.59. The lowest BCUT2D eigenvalue weighted by Gasteiger charge is -2.24. The summed E-state index contributed by atoms with van der Waals surface area (Å²) in [5, 5.41) is 13.1. The summed E-state index contributed by atoms with van der Waals surface area (Å²) in [6.45, 7) is 1.91. The fourth-order valence-corrected chi connectivity index (χ4v) is 6.59. The number of fused-ring (bicyclic) bond motifs is 4. The van der Waals surface area contributed by atoms with Gasteiger partial charge in [-0.3, -0.25) is 18.8 Å². The molecule has 2 aliphatic rings. The topological polar surface area (TPSA) is 125 Å². The van der Waals surface area contributed by atoms with Crippen LogP contribution in [0.5, 0.6) is 0 Å². The van der Waals surface area contributed by atoms with Crippen molar-refractivity contribution < 1.29 is 4.79 Å². The van der Waals surface area contributed by atoms with Crippen molar-refractivity contribution in [1.29, 1.82) is 0 Å². The van der Waals surface area contributed by atoms with Crippen molar-refractivity contribution in [2.75, 3.05) is 5.73 Å². The van der Waals surface area contributed by atoms with Crippen LogP contribution >= 0.6 is 0 Å². The molecule has 3 N–H and O–H groups in total. The van der Waals surface area contributed by atoms with E-state index in [0.29, 0.717) is 22.5 Å². The molecule has 10 nitrogen and oxygen atoms in total. The van der Waals surface area contributed by atoms with E-state index in [9.17, 15) is 9.59 Å². The number of aromatic nitrogens is 6. The minimum atomic E-state index is -0.532. The van der Waals surface area contributed by atoms with Crippen molar-refractivity contribution in [3.63, 3.8) is 0 Å². The van der Waals surface area contributed by atoms with Gasteiger partial charge in [0.05, 0.1) is 28.9 Å². The van der Waals surface area contributed by atoms with Gasteiger partial charge in [-0.15, -0.1) is 5.10 Å². The first kappa shape index (κ1) is 25.1. The number of rotatable bonds is 4. The van der Waals surface area contributed by atoms with E-state index in [1.165, 1.54) is 10.1 Å². The number of nitrogens with one attached hydrogen (secondary N) is 1. The molecule has 43 heavy (non-hydrogen) atoms. The number of pyridine rings is 1. The molecule has 1 fully saturated rings. The Morgan fingerprint density at radius 3 is 2.72 bits per heavy atom. The predicted octanol–water partition coefficient (Wildman–Crippen LogP) is 3.82. The first-order valence-electron chi connectivity index (χ1n) is 14.1. The zero-order valence-corrected chi connectivity index (χ0v) is 23.4. The van der Waals surface area contributed by atoms with Gasteiger partial charge in [-0.2, -0.15) is 5.10 Å². The van der Waals surface area contributed by atoms with E-state index in [1.807, 2.05) is 56.6 Å². The number of amides is 1. The maximum absolute atomic E-state index is 14.6. The number of hydrogen-bond donors (Lipinski definition) is 2. The number of nitrogens with zero attached hydrogens (tertiary/aromatic N) is 6. The van der Waals surface area contributed by atoms with Gasteiger partial charge < -0.3 is 11.1 Å². The summed E-state index contributed by atoms with van der Waals surface area (Å²) in [5.41, 5.74) is 11.8. The first-order valence-corrected chi connectivity index (χ1v) is 14.1. The third kappa shape index (κ3) is 3.78. The van der Waals surface area contributed by atoms with E-state index in [1.54, 1.807) is 33.9 Å². The van der Waals surface area contributed by atoms with Gasteiger partial charge in [-0.25, -0.2) is 9.50 Å². The van der Waals surface area contributed by atoms with Gasteiger partial charge in [0, 0.05) is 36.9 Å². The highest BCUT2D eigenvalue weighted by molar-refractivity contribution is 6.04. The summed E-state index contributed by atoms with van der Waals surface area (Å²) in [6.07, 6.45) is 7.85. The zero-order valence-electron chi connectivity index (χ0n) is 23.4. The molecule has 4 heterocycles. The summed E-state index contributed by atoms with van der Waals surface area (Å²) in [5.74, 6) is 6.74. The number of nitrogen functional groups attached to an aromatic ring is 1. The Balaban J connectivity index is 1.33. The van der Waals surface area contributed by atoms with E-state index < -0.39 is 11.9 Å². The number of nitrogens with two attached hydrogens (primary N) is 1. The number of para-hydroxylation sites is 1. The Hall–Kier alpha value is -5.69. The molecule has 0 bridgehead atoms. The Morgan fingerprint density at radius 2 is 1.93 bits per heavy atom. The second-order valence-corrected chi connectivity index (χ2v) is 11.2. The third-order valence-electron chi connectivity index (χ3n) is 8.47. The van der Waals surface area contributed by atoms with Crippen LogP contribution in [0.4, 0.5) is 5.82 Å². The lowest BCUT2D eigenvalue weighted by Crippen LogP contribution is -2.33. The van der Waals surface area contributed by atoms with Crippen LogP contribution in [0.2, 0.25) is 0 Å². The maximum Gasteiger partial charge on any atom is 0.264 e. The highest BCUT2D eigenvalue weighted by Crippen LogP contribution is 2.64. The molecule has 10 heteroatoms. The van der Waals surface area contributed by atoms with E-state index in [0.717, 1.165) is 34.3 Å². The van der Waals surface area contributed by atoms with Crippen molar-refractivity contribution in [3.05, 3.63) is 117 Å². The summed E-state index contributed by atoms with van der Waals surface area (Å²) >= 11 is 0. The van der Waals surface area contributed by atoms with E-state index in [-0.39, 0.29) is 22.9 Å². The number of carbonyl (C=O) groups excluding carboxylic acids is 1. The van der Waals surface area contributed by atoms with Gasteiger partial charge >= 0.3 is 0 Å². The average molecular weight is 567 g/mol. The van der Waals surface area contributed by atoms with Crippen LogP contribution in [-0.2, 0) is 7.05 Å². The summed E-state index contributed by atoms with van der Waals surface area (Å²) in [4.78, 5) is 32.6. The van der Waals surface area contributed by atoms with Crippen molar-refractivity contribution in [2.24, 2.45) is 7.05 Å². The quantitative estimate of drug-likeness (QED) is 0.313. The average Bonchev–Trinajstić information content (AvgIpc) is 3.39. The molecule has 210 valence electrons. The van der Waals surface area contributed by atoms with Crippen molar-refractivity contribution in [2.45, 2.75) is 31.2 Å². The number of anilines is 1. The number of aryl methyl sites for hydroxylation is 1. The molecular weight excluding hydrogens is 540 g/mol. The molecule has 3 atom stereocenters. The van der Waals surface area contributed by atoms with E-state index in [4.69, 9.17) is 5.73 Å². The Labute approximate surface area is 245 Å². The predicted molar refractivity (Wildman–Crippen MR) is 162 cm³/mol. The molecule has 6 aromatic rings. The monoisotopic (exact) mass is 566 g/mol. The molecule has 2 aromatic carbocycles. The largest absolute Gasteiger partial charge is 0.381 e. The maximum atomic E-state index is 14.6. The molecule has 2 aliphatic carbocycles. The highest BCUT2D eigenvalue weighted by Gasteiger charge is 2.50. The van der Waals surface area contributed by atoms with E-state index in [2.05, 4.69) is 38.4 Å². The van der Waals surface area contributed by atoms with Crippen LogP contribution < -0.4 is 16.6 Å².